The molecule has 0 saturated carbocycles. The Morgan fingerprint density at radius 1 is 1.28 bits per heavy atom. The average Bonchev–Trinajstić information content (AvgIpc) is 2.95. The summed E-state index contributed by atoms with van der Waals surface area (Å²) in [7, 11) is 0. The van der Waals surface area contributed by atoms with E-state index in [2.05, 4.69) is 4.98 Å². The first-order valence-corrected chi connectivity index (χ1v) is 7.91. The molecule has 1 atom stereocenters. The molecule has 1 aromatic heterocycles. The monoisotopic (exact) mass is 341 g/mol. The molecule has 7 nitrogen and oxygen atoms in total. The molecule has 0 radical (unpaired) electrons. The van der Waals surface area contributed by atoms with Gasteiger partial charge in [0.1, 0.15) is 18.5 Å². The van der Waals surface area contributed by atoms with Gasteiger partial charge < -0.3 is 14.4 Å². The first-order chi connectivity index (χ1) is 11.9. The Balaban J connectivity index is 1.67. The molecule has 25 heavy (non-hydrogen) atoms. The van der Waals surface area contributed by atoms with Gasteiger partial charge in [0.25, 0.3) is 5.69 Å². The van der Waals surface area contributed by atoms with Crippen LogP contribution in [0.5, 0.6) is 5.75 Å². The number of hydrogen-bond donors (Lipinski definition) is 1. The number of aryl methyl sites for hydroxylation is 2. The molecule has 3 aromatic rings. The van der Waals surface area contributed by atoms with Crippen LogP contribution < -0.4 is 4.74 Å². The van der Waals surface area contributed by atoms with Crippen LogP contribution in [0.2, 0.25) is 0 Å². The van der Waals surface area contributed by atoms with Gasteiger partial charge in [0.05, 0.1) is 34.9 Å². The second-order valence-corrected chi connectivity index (χ2v) is 6.04. The zero-order valence-corrected chi connectivity index (χ0v) is 14.0. The van der Waals surface area contributed by atoms with Gasteiger partial charge in [0, 0.05) is 6.07 Å². The number of nitro groups is 1. The van der Waals surface area contributed by atoms with Crippen LogP contribution in [-0.4, -0.2) is 32.3 Å². The SMILES string of the molecule is Cc1cc2ncn(C[C@@H](O)COc3cccc([N+](=O)[O-])c3)c2cc1C. The van der Waals surface area contributed by atoms with Crippen LogP contribution in [0.15, 0.2) is 42.7 Å². The minimum Gasteiger partial charge on any atom is -0.491 e. The van der Waals surface area contributed by atoms with Crippen molar-refractivity contribution in [2.24, 2.45) is 0 Å². The number of rotatable bonds is 6. The molecule has 1 N–H and O–H groups in total. The van der Waals surface area contributed by atoms with Crippen LogP contribution >= 0.6 is 0 Å². The predicted octanol–water partition coefficient (Wildman–Crippen LogP) is 3.00. The minimum atomic E-state index is -0.765. The summed E-state index contributed by atoms with van der Waals surface area (Å²) in [5.41, 5.74) is 4.13. The lowest BCUT2D eigenvalue weighted by Gasteiger charge is -2.14. The summed E-state index contributed by atoms with van der Waals surface area (Å²) in [4.78, 5) is 14.6. The maximum Gasteiger partial charge on any atom is 0.273 e. The number of aromatic nitrogens is 2. The van der Waals surface area contributed by atoms with Crippen molar-refractivity contribution in [2.45, 2.75) is 26.5 Å². The molecular weight excluding hydrogens is 322 g/mol. The largest absolute Gasteiger partial charge is 0.491 e. The number of benzene rings is 2. The first-order valence-electron chi connectivity index (χ1n) is 7.91. The van der Waals surface area contributed by atoms with Crippen molar-refractivity contribution >= 4 is 16.7 Å². The Hall–Kier alpha value is -2.93. The fourth-order valence-corrected chi connectivity index (χ4v) is 2.62. The fraction of sp³-hybridized carbons (Fsp3) is 0.278. The van der Waals surface area contributed by atoms with Crippen LogP contribution in [0.4, 0.5) is 5.69 Å². The van der Waals surface area contributed by atoms with Crippen LogP contribution in [0.25, 0.3) is 11.0 Å². The van der Waals surface area contributed by atoms with E-state index in [9.17, 15) is 15.2 Å². The van der Waals surface area contributed by atoms with E-state index >= 15 is 0 Å². The highest BCUT2D eigenvalue weighted by Gasteiger charge is 2.12. The maximum atomic E-state index is 10.8. The molecule has 0 spiro atoms. The highest BCUT2D eigenvalue weighted by atomic mass is 16.6. The standard InChI is InChI=1S/C18H19N3O4/c1-12-6-17-18(7-13(12)2)20(11-19-17)9-15(22)10-25-16-5-3-4-14(8-16)21(23)24/h3-8,11,15,22H,9-10H2,1-2H3/t15-/m1/s1. The number of ether oxygens (including phenoxy) is 1. The van der Waals surface area contributed by atoms with Gasteiger partial charge in [-0.25, -0.2) is 4.98 Å². The van der Waals surface area contributed by atoms with Crippen molar-refractivity contribution in [1.82, 2.24) is 9.55 Å². The molecule has 0 saturated heterocycles. The molecule has 0 unspecified atom stereocenters. The van der Waals surface area contributed by atoms with Gasteiger partial charge in [-0.15, -0.1) is 0 Å². The topological polar surface area (TPSA) is 90.4 Å². The van der Waals surface area contributed by atoms with E-state index in [1.807, 2.05) is 30.5 Å². The van der Waals surface area contributed by atoms with Crippen LogP contribution in [-0.2, 0) is 6.54 Å². The summed E-state index contributed by atoms with van der Waals surface area (Å²) < 4.78 is 7.35. The zero-order valence-electron chi connectivity index (χ0n) is 14.0. The summed E-state index contributed by atoms with van der Waals surface area (Å²) in [6, 6.07) is 9.97. The minimum absolute atomic E-state index is 0.0334. The zero-order chi connectivity index (χ0) is 18.0. The molecule has 0 aliphatic rings. The van der Waals surface area contributed by atoms with Crippen molar-refractivity contribution in [1.29, 1.82) is 0 Å². The molecule has 7 heteroatoms. The van der Waals surface area contributed by atoms with E-state index < -0.39 is 11.0 Å². The molecule has 0 amide bonds. The lowest BCUT2D eigenvalue weighted by molar-refractivity contribution is -0.384. The molecule has 0 aliphatic heterocycles. The Morgan fingerprint density at radius 3 is 2.80 bits per heavy atom. The highest BCUT2D eigenvalue weighted by molar-refractivity contribution is 5.77. The molecule has 130 valence electrons. The van der Waals surface area contributed by atoms with Crippen LogP contribution in [0.1, 0.15) is 11.1 Å². The average molecular weight is 341 g/mol. The molecule has 2 aromatic carbocycles. The van der Waals surface area contributed by atoms with E-state index in [0.717, 1.165) is 16.6 Å². The Labute approximate surface area is 144 Å². The van der Waals surface area contributed by atoms with Gasteiger partial charge in [-0.1, -0.05) is 6.07 Å². The van der Waals surface area contributed by atoms with Crippen molar-refractivity contribution in [3.63, 3.8) is 0 Å². The molecule has 0 bridgehead atoms. The molecular formula is C18H19N3O4. The third kappa shape index (κ3) is 3.77. The van der Waals surface area contributed by atoms with E-state index in [-0.39, 0.29) is 12.3 Å². The summed E-state index contributed by atoms with van der Waals surface area (Å²) in [5.74, 6) is 0.357. The van der Waals surface area contributed by atoms with Crippen LogP contribution in [0, 0.1) is 24.0 Å². The van der Waals surface area contributed by atoms with Gasteiger partial charge in [0.15, 0.2) is 0 Å². The molecule has 1 heterocycles. The Morgan fingerprint density at radius 2 is 2.04 bits per heavy atom. The maximum absolute atomic E-state index is 10.8. The summed E-state index contributed by atoms with van der Waals surface area (Å²) in [6.45, 7) is 4.43. The van der Waals surface area contributed by atoms with Gasteiger partial charge in [-0.2, -0.15) is 0 Å². The molecule has 0 fully saturated rings. The Kier molecular flexibility index (Phi) is 4.67. The number of fused-ring (bicyclic) bond motifs is 1. The van der Waals surface area contributed by atoms with Crippen LogP contribution in [0.3, 0.4) is 0 Å². The van der Waals surface area contributed by atoms with Crippen molar-refractivity contribution in [3.05, 3.63) is 64.0 Å². The number of aliphatic hydroxyl groups is 1. The molecule has 0 aliphatic carbocycles. The quantitative estimate of drug-likeness (QED) is 0.550. The smallest absolute Gasteiger partial charge is 0.273 e. The summed E-state index contributed by atoms with van der Waals surface area (Å²) >= 11 is 0. The van der Waals surface area contributed by atoms with Gasteiger partial charge in [-0.3, -0.25) is 10.1 Å². The number of aliphatic hydroxyl groups excluding tert-OH is 1. The summed E-state index contributed by atoms with van der Waals surface area (Å²) in [6.07, 6.45) is 0.929. The third-order valence-corrected chi connectivity index (χ3v) is 4.11. The van der Waals surface area contributed by atoms with Gasteiger partial charge in [0.2, 0.25) is 0 Å². The van der Waals surface area contributed by atoms with E-state index in [4.69, 9.17) is 4.74 Å². The third-order valence-electron chi connectivity index (χ3n) is 4.11. The van der Waals surface area contributed by atoms with Gasteiger partial charge in [-0.05, 0) is 43.2 Å². The number of hydrogen-bond acceptors (Lipinski definition) is 5. The number of nitrogens with zero attached hydrogens (tertiary/aromatic N) is 3. The number of non-ortho nitro benzene ring substituents is 1. The number of imidazole rings is 1. The lowest BCUT2D eigenvalue weighted by Crippen LogP contribution is -2.23. The lowest BCUT2D eigenvalue weighted by atomic mass is 10.1. The van der Waals surface area contributed by atoms with E-state index in [0.29, 0.717) is 12.3 Å². The van der Waals surface area contributed by atoms with E-state index in [1.165, 1.54) is 17.7 Å². The number of nitro benzene ring substituents is 1. The normalized spacial score (nSPS) is 12.3. The fourth-order valence-electron chi connectivity index (χ4n) is 2.62. The van der Waals surface area contributed by atoms with Crippen molar-refractivity contribution < 1.29 is 14.8 Å². The van der Waals surface area contributed by atoms with Gasteiger partial charge >= 0.3 is 0 Å². The Bertz CT molecular complexity index is 920. The summed E-state index contributed by atoms with van der Waals surface area (Å²) in [5, 5.41) is 21.0. The molecule has 3 rings (SSSR count). The second-order valence-electron chi connectivity index (χ2n) is 6.04. The first kappa shape index (κ1) is 16.9. The second kappa shape index (κ2) is 6.90. The highest BCUT2D eigenvalue weighted by Crippen LogP contribution is 2.20. The van der Waals surface area contributed by atoms with E-state index in [1.54, 1.807) is 18.5 Å². The van der Waals surface area contributed by atoms with Crippen molar-refractivity contribution in [2.75, 3.05) is 6.61 Å². The predicted molar refractivity (Wildman–Crippen MR) is 93.8 cm³/mol. The van der Waals surface area contributed by atoms with Crippen molar-refractivity contribution in [3.8, 4) is 5.75 Å².